The van der Waals surface area contributed by atoms with Crippen LogP contribution in [0.1, 0.15) is 294 Å². The van der Waals surface area contributed by atoms with Crippen LogP contribution in [0, 0.1) is 88.9 Å². The van der Waals surface area contributed by atoms with Crippen LogP contribution in [0.25, 0.3) is 0 Å². The quantitative estimate of drug-likeness (QED) is 0.0270. The van der Waals surface area contributed by atoms with Crippen LogP contribution >= 0.6 is 21.6 Å². The standard InChI is InChI=1S/C82H136N2O10S2/c1-57(2)25-17-27-59(5)29-19-31-61(7)33-21-43-81(15)45-41-71-67(13)77(63(9)65(11)79(71)93-81)91-75(87)39-37-73(85)89-55-69-35-23-47-83(53-69)49-51-95-96-52-50-84-48-24-36-70(54-84)56-90-74(86)38-40-76(88)92-78-64(10)66(12)80-72(68(78)14)42-46-82(16,94-80)44-22-34-62(8)32-20-30-60(6)28-18-26-58(3)4/h57-62,69-70H,17-56H2,1-16H3. The number of carbonyl (C=O) groups excluding carboxylic acids is 4. The van der Waals surface area contributed by atoms with Gasteiger partial charge in [-0.2, -0.15) is 0 Å². The zero-order valence-corrected chi connectivity index (χ0v) is 65.3. The molecule has 0 amide bonds. The van der Waals surface area contributed by atoms with Gasteiger partial charge in [-0.3, -0.25) is 19.2 Å². The van der Waals surface area contributed by atoms with Crippen LogP contribution in [-0.4, -0.2) is 109 Å². The molecule has 2 fully saturated rings. The molecule has 2 aromatic carbocycles. The van der Waals surface area contributed by atoms with E-state index in [0.717, 1.165) is 219 Å². The lowest BCUT2D eigenvalue weighted by Crippen LogP contribution is -2.39. The van der Waals surface area contributed by atoms with E-state index in [2.05, 4.69) is 92.9 Å². The highest BCUT2D eigenvalue weighted by Gasteiger charge is 2.37. The molecule has 8 atom stereocenters. The minimum absolute atomic E-state index is 0.000143. The summed E-state index contributed by atoms with van der Waals surface area (Å²) in [5.41, 5.74) is 7.66. The molecule has 0 aromatic heterocycles. The Bertz CT molecular complexity index is 2550. The first-order chi connectivity index (χ1) is 45.7. The third kappa shape index (κ3) is 27.8. The van der Waals surface area contributed by atoms with Crippen molar-refractivity contribution in [3.63, 3.8) is 0 Å². The molecule has 0 bridgehead atoms. The number of likely N-dealkylation sites (tertiary alicyclic amines) is 2. The Morgan fingerprint density at radius 1 is 0.458 bits per heavy atom. The summed E-state index contributed by atoms with van der Waals surface area (Å²) in [7, 11) is 3.84. The van der Waals surface area contributed by atoms with Gasteiger partial charge in [0, 0.05) is 60.6 Å². The van der Waals surface area contributed by atoms with Crippen molar-refractivity contribution in [2.75, 3.05) is 64.0 Å². The molecule has 2 saturated heterocycles. The number of ether oxygens (including phenoxy) is 6. The van der Waals surface area contributed by atoms with Crippen molar-refractivity contribution in [1.29, 1.82) is 0 Å². The van der Waals surface area contributed by atoms with Crippen LogP contribution in [-0.2, 0) is 41.5 Å². The van der Waals surface area contributed by atoms with Crippen LogP contribution < -0.4 is 18.9 Å². The summed E-state index contributed by atoms with van der Waals surface area (Å²) in [6.45, 7) is 42.5. The fourth-order valence-electron chi connectivity index (χ4n) is 15.6. The largest absolute Gasteiger partial charge is 0.487 e. The lowest BCUT2D eigenvalue weighted by atomic mass is 9.83. The Kier molecular flexibility index (Phi) is 35.2. The lowest BCUT2D eigenvalue weighted by Gasteiger charge is -2.38. The van der Waals surface area contributed by atoms with E-state index in [0.29, 0.717) is 24.7 Å². The summed E-state index contributed by atoms with van der Waals surface area (Å²) in [5.74, 6) is 8.94. The maximum absolute atomic E-state index is 13.3. The van der Waals surface area contributed by atoms with Gasteiger partial charge in [0.1, 0.15) is 34.2 Å². The van der Waals surface area contributed by atoms with Crippen LogP contribution in [0.5, 0.6) is 23.0 Å². The first kappa shape index (κ1) is 81.5. The smallest absolute Gasteiger partial charge is 0.311 e. The number of fused-ring (bicyclic) bond motifs is 2. The molecule has 4 aliphatic rings. The zero-order valence-electron chi connectivity index (χ0n) is 63.7. The molecule has 14 heteroatoms. The number of carbonyl (C=O) groups is 4. The topological polar surface area (TPSA) is 130 Å². The van der Waals surface area contributed by atoms with E-state index in [1.165, 1.54) is 89.9 Å². The molecule has 0 aliphatic carbocycles. The number of piperidine rings is 2. The Morgan fingerprint density at radius 3 is 1.15 bits per heavy atom. The van der Waals surface area contributed by atoms with Crippen LogP contribution in [0.15, 0.2) is 0 Å². The van der Waals surface area contributed by atoms with Crippen molar-refractivity contribution in [3.8, 4) is 23.0 Å². The summed E-state index contributed by atoms with van der Waals surface area (Å²) in [4.78, 5) is 57.5. The summed E-state index contributed by atoms with van der Waals surface area (Å²) in [5, 5.41) is 0. The highest BCUT2D eigenvalue weighted by molar-refractivity contribution is 8.76. The highest BCUT2D eigenvalue weighted by Crippen LogP contribution is 2.47. The van der Waals surface area contributed by atoms with Gasteiger partial charge in [-0.05, 0) is 214 Å². The molecule has 0 spiro atoms. The molecular formula is C82H136N2O10S2. The molecule has 12 nitrogen and oxygen atoms in total. The van der Waals surface area contributed by atoms with Crippen molar-refractivity contribution in [3.05, 3.63) is 44.5 Å². The Balaban J connectivity index is 0.789. The summed E-state index contributed by atoms with van der Waals surface area (Å²) >= 11 is 0. The van der Waals surface area contributed by atoms with E-state index in [9.17, 15) is 19.2 Å². The molecule has 0 radical (unpaired) electrons. The molecule has 4 heterocycles. The van der Waals surface area contributed by atoms with Crippen molar-refractivity contribution in [1.82, 2.24) is 9.80 Å². The first-order valence-corrected chi connectivity index (χ1v) is 41.3. The van der Waals surface area contributed by atoms with Crippen molar-refractivity contribution < 1.29 is 47.6 Å². The maximum atomic E-state index is 13.3. The molecule has 546 valence electrons. The Hall–Kier alpha value is -3.46. The van der Waals surface area contributed by atoms with E-state index >= 15 is 0 Å². The van der Waals surface area contributed by atoms with Crippen molar-refractivity contribution >= 4 is 45.5 Å². The monoisotopic (exact) mass is 1370 g/mol. The van der Waals surface area contributed by atoms with Gasteiger partial charge in [0.25, 0.3) is 0 Å². The van der Waals surface area contributed by atoms with Crippen LogP contribution in [0.2, 0.25) is 0 Å². The van der Waals surface area contributed by atoms with E-state index < -0.39 is 11.9 Å². The second-order valence-electron chi connectivity index (χ2n) is 32.4. The number of esters is 4. The van der Waals surface area contributed by atoms with Gasteiger partial charge < -0.3 is 38.2 Å². The SMILES string of the molecule is Cc1c(C)c2c(c(C)c1OC(=O)CCC(=O)OCC1CCCN(CCSSCCN3CCCC(COC(=O)CCC(=O)Oc4c(C)c(C)c5c(c4C)CCC(C)(CCCC(C)CCCC(C)CCCC(C)C)O5)C3)C1)CCC(C)(CCCC(C)CCCC(C)CCCC(C)C)O2. The van der Waals surface area contributed by atoms with Crippen molar-refractivity contribution in [2.24, 2.45) is 47.3 Å². The predicted molar refractivity (Wildman–Crippen MR) is 400 cm³/mol. The zero-order chi connectivity index (χ0) is 70.0. The van der Waals surface area contributed by atoms with Crippen LogP contribution in [0.3, 0.4) is 0 Å². The van der Waals surface area contributed by atoms with E-state index in [1.807, 2.05) is 49.3 Å². The average Bonchev–Trinajstić information content (AvgIpc) is 0.769. The van der Waals surface area contributed by atoms with Crippen LogP contribution in [0.4, 0.5) is 0 Å². The molecule has 4 aliphatic heterocycles. The molecule has 96 heavy (non-hydrogen) atoms. The number of rotatable bonds is 43. The molecular weight excluding hydrogens is 1240 g/mol. The molecule has 0 N–H and O–H groups in total. The number of benzene rings is 2. The molecule has 2 aromatic rings. The minimum Gasteiger partial charge on any atom is -0.487 e. The van der Waals surface area contributed by atoms with E-state index in [-0.39, 0.29) is 60.7 Å². The van der Waals surface area contributed by atoms with E-state index in [4.69, 9.17) is 28.4 Å². The maximum Gasteiger partial charge on any atom is 0.311 e. The van der Waals surface area contributed by atoms with Gasteiger partial charge >= 0.3 is 23.9 Å². The van der Waals surface area contributed by atoms with Gasteiger partial charge in [0.15, 0.2) is 0 Å². The highest BCUT2D eigenvalue weighted by atomic mass is 33.1. The van der Waals surface area contributed by atoms with E-state index in [1.54, 1.807) is 0 Å². The van der Waals surface area contributed by atoms with Gasteiger partial charge in [0.2, 0.25) is 0 Å². The third-order valence-corrected chi connectivity index (χ3v) is 24.8. The number of hydrogen-bond acceptors (Lipinski definition) is 14. The van der Waals surface area contributed by atoms with Gasteiger partial charge in [0.05, 0.1) is 38.9 Å². The fraction of sp³-hybridized carbons (Fsp3) is 0.805. The third-order valence-electron chi connectivity index (χ3n) is 22.4. The number of nitrogens with zero attached hydrogens (tertiary/aromatic N) is 2. The molecule has 0 saturated carbocycles. The normalized spacial score (nSPS) is 21.2. The van der Waals surface area contributed by atoms with Gasteiger partial charge in [-0.25, -0.2) is 0 Å². The summed E-state index contributed by atoms with van der Waals surface area (Å²) < 4.78 is 37.3. The lowest BCUT2D eigenvalue weighted by molar-refractivity contribution is -0.148. The number of hydrogen-bond donors (Lipinski definition) is 0. The average molecular weight is 1370 g/mol. The molecule has 6 rings (SSSR count). The van der Waals surface area contributed by atoms with Gasteiger partial charge in [-0.1, -0.05) is 167 Å². The first-order valence-electron chi connectivity index (χ1n) is 38.8. The minimum atomic E-state index is -0.413. The Morgan fingerprint density at radius 2 is 0.792 bits per heavy atom. The summed E-state index contributed by atoms with van der Waals surface area (Å²) in [6, 6.07) is 0. The second kappa shape index (κ2) is 41.5. The van der Waals surface area contributed by atoms with Gasteiger partial charge in [-0.15, -0.1) is 0 Å². The molecule has 8 unspecified atom stereocenters. The van der Waals surface area contributed by atoms with Crippen molar-refractivity contribution in [2.45, 2.75) is 315 Å². The Labute approximate surface area is 593 Å². The second-order valence-corrected chi connectivity index (χ2v) is 35.1. The predicted octanol–water partition coefficient (Wildman–Crippen LogP) is 20.5. The summed E-state index contributed by atoms with van der Waals surface area (Å²) in [6.07, 6.45) is 30.8. The fourth-order valence-corrected chi connectivity index (χ4v) is 17.6.